The van der Waals surface area contributed by atoms with Gasteiger partial charge in [0.05, 0.1) is 5.03 Å². The molecule has 0 aliphatic carbocycles. The Hall–Kier alpha value is -1.24. The van der Waals surface area contributed by atoms with Gasteiger partial charge in [0, 0.05) is 28.0 Å². The molecule has 0 saturated carbocycles. The van der Waals surface area contributed by atoms with E-state index in [0.29, 0.717) is 0 Å². The molecule has 3 atom stereocenters. The normalized spacial score (nSPS) is 27.9. The maximum Gasteiger partial charge on any atom is 0.305 e. The zero-order valence-electron chi connectivity index (χ0n) is 9.83. The molecule has 4 nitrogen and oxygen atoms in total. The number of aliphatic hydroxyl groups excluding tert-OH is 1. The number of hydrogen-bond donors (Lipinski definition) is 2. The van der Waals surface area contributed by atoms with Crippen LogP contribution in [0.3, 0.4) is 0 Å². The number of aromatic nitrogens is 1. The fourth-order valence-electron chi connectivity index (χ4n) is 2.79. The van der Waals surface area contributed by atoms with E-state index >= 15 is 0 Å². The molecule has 3 heterocycles. The van der Waals surface area contributed by atoms with Gasteiger partial charge in [-0.05, 0) is 6.07 Å². The van der Waals surface area contributed by atoms with Crippen molar-refractivity contribution in [3.05, 3.63) is 44.4 Å². The average molecular weight is 293 g/mol. The highest BCUT2D eigenvalue weighted by Gasteiger charge is 2.43. The van der Waals surface area contributed by atoms with Crippen LogP contribution in [0.4, 0.5) is 0 Å². The predicted molar refractivity (Wildman–Crippen MR) is 74.1 cm³/mol. The molecule has 2 aliphatic rings. The first kappa shape index (κ1) is 11.6. The van der Waals surface area contributed by atoms with E-state index in [-0.39, 0.29) is 16.7 Å². The van der Waals surface area contributed by atoms with Crippen LogP contribution >= 0.6 is 23.1 Å². The van der Waals surface area contributed by atoms with Crippen LogP contribution in [0.15, 0.2) is 34.1 Å². The molecule has 0 radical (unpaired) electrons. The van der Waals surface area contributed by atoms with Crippen molar-refractivity contribution in [2.75, 3.05) is 5.75 Å². The van der Waals surface area contributed by atoms with Gasteiger partial charge in [-0.1, -0.05) is 29.5 Å². The molecule has 2 N–H and O–H groups in total. The van der Waals surface area contributed by atoms with E-state index in [9.17, 15) is 9.90 Å². The number of fused-ring (bicyclic) bond motifs is 5. The SMILES string of the molecule is O=c1[nH]c2c(s1)[C@@H]1c3ccccc3O[C@@H](O)[C@@H]1CS2. The number of ether oxygens (including phenoxy) is 1. The Morgan fingerprint density at radius 3 is 3.11 bits per heavy atom. The predicted octanol–water partition coefficient (Wildman–Crippen LogP) is 2.00. The molecule has 0 unspecified atom stereocenters. The summed E-state index contributed by atoms with van der Waals surface area (Å²) in [5.74, 6) is 1.52. The Bertz CT molecular complexity index is 693. The number of aromatic amines is 1. The topological polar surface area (TPSA) is 62.3 Å². The molecule has 0 amide bonds. The third kappa shape index (κ3) is 1.67. The minimum atomic E-state index is -0.808. The Labute approximate surface area is 117 Å². The number of nitrogens with one attached hydrogen (secondary N) is 1. The van der Waals surface area contributed by atoms with Crippen molar-refractivity contribution in [2.24, 2.45) is 5.92 Å². The lowest BCUT2D eigenvalue weighted by Gasteiger charge is -2.38. The number of hydrogen-bond acceptors (Lipinski definition) is 5. The smallest absolute Gasteiger partial charge is 0.305 e. The van der Waals surface area contributed by atoms with Gasteiger partial charge in [0.25, 0.3) is 0 Å². The largest absolute Gasteiger partial charge is 0.464 e. The average Bonchev–Trinajstić information content (AvgIpc) is 2.79. The highest BCUT2D eigenvalue weighted by atomic mass is 32.2. The van der Waals surface area contributed by atoms with Crippen LogP contribution in [0.1, 0.15) is 16.4 Å². The number of thiazole rings is 1. The number of H-pyrrole nitrogens is 1. The number of rotatable bonds is 0. The second-order valence-electron chi connectivity index (χ2n) is 4.71. The molecule has 0 fully saturated rings. The summed E-state index contributed by atoms with van der Waals surface area (Å²) < 4.78 is 5.58. The van der Waals surface area contributed by atoms with Gasteiger partial charge in [-0.3, -0.25) is 4.79 Å². The summed E-state index contributed by atoms with van der Waals surface area (Å²) in [6, 6.07) is 7.74. The van der Waals surface area contributed by atoms with Crippen molar-refractivity contribution in [3.63, 3.8) is 0 Å². The molecule has 1 aromatic heterocycles. The van der Waals surface area contributed by atoms with Gasteiger partial charge < -0.3 is 14.8 Å². The Balaban J connectivity index is 1.95. The van der Waals surface area contributed by atoms with Crippen molar-refractivity contribution < 1.29 is 9.84 Å². The molecule has 2 aliphatic heterocycles. The Morgan fingerprint density at radius 2 is 2.21 bits per heavy atom. The molecular weight excluding hydrogens is 282 g/mol. The van der Waals surface area contributed by atoms with E-state index in [0.717, 1.165) is 27.0 Å². The van der Waals surface area contributed by atoms with Crippen molar-refractivity contribution in [1.82, 2.24) is 4.98 Å². The van der Waals surface area contributed by atoms with Gasteiger partial charge in [-0.15, -0.1) is 11.8 Å². The zero-order valence-corrected chi connectivity index (χ0v) is 11.5. The second-order valence-corrected chi connectivity index (χ2v) is 6.75. The molecule has 1 aromatic carbocycles. The lowest BCUT2D eigenvalue weighted by Crippen LogP contribution is -2.39. The molecule has 2 aromatic rings. The van der Waals surface area contributed by atoms with Crippen LogP contribution < -0.4 is 9.61 Å². The Kier molecular flexibility index (Phi) is 2.51. The summed E-state index contributed by atoms with van der Waals surface area (Å²) in [5.41, 5.74) is 1.06. The number of para-hydroxylation sites is 1. The molecule has 0 bridgehead atoms. The van der Waals surface area contributed by atoms with Gasteiger partial charge in [-0.2, -0.15) is 0 Å². The van der Waals surface area contributed by atoms with E-state index in [4.69, 9.17) is 4.74 Å². The van der Waals surface area contributed by atoms with Gasteiger partial charge in [0.1, 0.15) is 5.75 Å². The summed E-state index contributed by atoms with van der Waals surface area (Å²) >= 11 is 2.83. The Morgan fingerprint density at radius 1 is 1.37 bits per heavy atom. The maximum atomic E-state index is 11.6. The van der Waals surface area contributed by atoms with Crippen molar-refractivity contribution in [2.45, 2.75) is 17.2 Å². The molecule has 98 valence electrons. The summed E-state index contributed by atoms with van der Waals surface area (Å²) in [6.45, 7) is 0. The van der Waals surface area contributed by atoms with Crippen molar-refractivity contribution in [1.29, 1.82) is 0 Å². The van der Waals surface area contributed by atoms with Crippen LogP contribution in [0, 0.1) is 5.92 Å². The molecule has 0 spiro atoms. The van der Waals surface area contributed by atoms with E-state index in [2.05, 4.69) is 4.98 Å². The molecule has 19 heavy (non-hydrogen) atoms. The van der Waals surface area contributed by atoms with Crippen LogP contribution in [0.25, 0.3) is 0 Å². The minimum absolute atomic E-state index is 0.00106. The van der Waals surface area contributed by atoms with Crippen molar-refractivity contribution in [3.8, 4) is 5.75 Å². The first-order valence-corrected chi connectivity index (χ1v) is 7.83. The second kappa shape index (κ2) is 4.13. The maximum absolute atomic E-state index is 11.6. The van der Waals surface area contributed by atoms with Crippen LogP contribution in [0.2, 0.25) is 0 Å². The van der Waals surface area contributed by atoms with Crippen LogP contribution in [0.5, 0.6) is 5.75 Å². The van der Waals surface area contributed by atoms with Gasteiger partial charge >= 0.3 is 4.87 Å². The van der Waals surface area contributed by atoms with Gasteiger partial charge in [0.15, 0.2) is 0 Å². The highest BCUT2D eigenvalue weighted by Crippen LogP contribution is 2.51. The highest BCUT2D eigenvalue weighted by molar-refractivity contribution is 7.99. The quantitative estimate of drug-likeness (QED) is 0.780. The third-order valence-corrected chi connectivity index (χ3v) is 5.90. The summed E-state index contributed by atoms with van der Waals surface area (Å²) in [6.07, 6.45) is -0.808. The van der Waals surface area contributed by atoms with Crippen LogP contribution in [-0.2, 0) is 0 Å². The zero-order chi connectivity index (χ0) is 13.0. The van der Waals surface area contributed by atoms with E-state index in [1.54, 1.807) is 11.8 Å². The van der Waals surface area contributed by atoms with E-state index in [1.807, 2.05) is 24.3 Å². The van der Waals surface area contributed by atoms with Gasteiger partial charge in [0.2, 0.25) is 6.29 Å². The number of benzene rings is 1. The first-order chi connectivity index (χ1) is 9.24. The first-order valence-electron chi connectivity index (χ1n) is 6.03. The molecular formula is C13H11NO3S2. The molecule has 0 saturated heterocycles. The van der Waals surface area contributed by atoms with E-state index in [1.165, 1.54) is 11.3 Å². The lowest BCUT2D eigenvalue weighted by molar-refractivity contribution is -0.0717. The lowest BCUT2D eigenvalue weighted by atomic mass is 9.83. The third-order valence-electron chi connectivity index (χ3n) is 3.64. The monoisotopic (exact) mass is 293 g/mol. The van der Waals surface area contributed by atoms with Crippen LogP contribution in [-0.4, -0.2) is 22.1 Å². The fourth-order valence-corrected chi connectivity index (χ4v) is 5.23. The fraction of sp³-hybridized carbons (Fsp3) is 0.308. The minimum Gasteiger partial charge on any atom is -0.464 e. The summed E-state index contributed by atoms with van der Waals surface area (Å²) in [4.78, 5) is 15.5. The van der Waals surface area contributed by atoms with Gasteiger partial charge in [-0.25, -0.2) is 0 Å². The number of thioether (sulfide) groups is 1. The van der Waals surface area contributed by atoms with E-state index < -0.39 is 6.29 Å². The standard InChI is InChI=1S/C13H11NO3S2/c15-12-7-5-18-11-10(19-13(16)14-11)9(7)6-3-1-2-4-8(6)17-12/h1-4,7,9,12,15H,5H2,(H,14,16)/t7-,9-,12-/m1/s1. The molecule has 4 rings (SSSR count). The molecule has 6 heteroatoms. The summed E-state index contributed by atoms with van der Waals surface area (Å²) in [5, 5.41) is 11.1. The van der Waals surface area contributed by atoms with Crippen molar-refractivity contribution >= 4 is 23.1 Å². The summed E-state index contributed by atoms with van der Waals surface area (Å²) in [7, 11) is 0. The number of aliphatic hydroxyl groups is 1.